The molecule has 2 amide bonds. The number of hydrogen-bond donors (Lipinski definition) is 2. The molecule has 0 fully saturated rings. The largest absolute Gasteiger partial charge is 0.494 e. The molecule has 0 aromatic heterocycles. The molecule has 1 atom stereocenters. The van der Waals surface area contributed by atoms with Crippen molar-refractivity contribution in [3.8, 4) is 5.75 Å². The van der Waals surface area contributed by atoms with Crippen LogP contribution in [0.1, 0.15) is 24.9 Å². The van der Waals surface area contributed by atoms with Crippen LogP contribution in [0.25, 0.3) is 0 Å². The van der Waals surface area contributed by atoms with E-state index >= 15 is 0 Å². The van der Waals surface area contributed by atoms with Gasteiger partial charge in [0.2, 0.25) is 0 Å². The maximum Gasteiger partial charge on any atom is 0.319 e. The predicted octanol–water partition coefficient (Wildman–Crippen LogP) is 4.53. The molecule has 7 nitrogen and oxygen atoms in total. The molecular formula is C17H18ClN3O4. The van der Waals surface area contributed by atoms with Crippen molar-refractivity contribution >= 4 is 29.0 Å². The maximum absolute atomic E-state index is 12.3. The number of non-ortho nitro benzene ring substituents is 1. The van der Waals surface area contributed by atoms with Crippen LogP contribution in [0, 0.1) is 10.1 Å². The SMILES string of the molecule is CCC(NC(=O)Nc1ccc([N+](=O)[O-])cc1OC)c1ccc(Cl)cc1. The molecule has 2 rings (SSSR count). The van der Waals surface area contributed by atoms with Crippen LogP contribution >= 0.6 is 11.6 Å². The van der Waals surface area contributed by atoms with Gasteiger partial charge < -0.3 is 15.4 Å². The van der Waals surface area contributed by atoms with Gasteiger partial charge in [0.15, 0.2) is 0 Å². The second-order valence-electron chi connectivity index (χ2n) is 5.25. The van der Waals surface area contributed by atoms with Crippen LogP contribution in [-0.4, -0.2) is 18.1 Å². The molecule has 0 saturated heterocycles. The predicted molar refractivity (Wildman–Crippen MR) is 96.3 cm³/mol. The number of urea groups is 1. The fraction of sp³-hybridized carbons (Fsp3) is 0.235. The lowest BCUT2D eigenvalue weighted by molar-refractivity contribution is -0.384. The van der Waals surface area contributed by atoms with Crippen molar-refractivity contribution in [1.29, 1.82) is 0 Å². The quantitative estimate of drug-likeness (QED) is 0.582. The maximum atomic E-state index is 12.3. The highest BCUT2D eigenvalue weighted by atomic mass is 35.5. The number of halogens is 1. The third-order valence-corrected chi connectivity index (χ3v) is 3.88. The molecule has 2 aromatic carbocycles. The number of nitrogens with zero attached hydrogens (tertiary/aromatic N) is 1. The zero-order valence-corrected chi connectivity index (χ0v) is 14.5. The first-order chi connectivity index (χ1) is 11.9. The van der Waals surface area contributed by atoms with E-state index in [1.807, 2.05) is 19.1 Å². The first-order valence-corrected chi connectivity index (χ1v) is 7.97. The normalized spacial score (nSPS) is 11.5. The van der Waals surface area contributed by atoms with E-state index < -0.39 is 11.0 Å². The van der Waals surface area contributed by atoms with E-state index in [9.17, 15) is 14.9 Å². The highest BCUT2D eigenvalue weighted by molar-refractivity contribution is 6.30. The summed E-state index contributed by atoms with van der Waals surface area (Å²) in [4.78, 5) is 22.6. The summed E-state index contributed by atoms with van der Waals surface area (Å²) in [5.74, 6) is 0.212. The summed E-state index contributed by atoms with van der Waals surface area (Å²) in [6.45, 7) is 1.95. The summed E-state index contributed by atoms with van der Waals surface area (Å²) in [6.07, 6.45) is 0.687. The Morgan fingerprint density at radius 2 is 1.96 bits per heavy atom. The van der Waals surface area contributed by atoms with Crippen molar-refractivity contribution in [1.82, 2.24) is 5.32 Å². The van der Waals surface area contributed by atoms with Crippen molar-refractivity contribution in [3.05, 3.63) is 63.2 Å². The Balaban J connectivity index is 2.10. The second-order valence-corrected chi connectivity index (χ2v) is 5.69. The fourth-order valence-corrected chi connectivity index (χ4v) is 2.46. The molecule has 132 valence electrons. The van der Waals surface area contributed by atoms with Crippen LogP contribution in [0.15, 0.2) is 42.5 Å². The van der Waals surface area contributed by atoms with Gasteiger partial charge in [-0.3, -0.25) is 10.1 Å². The van der Waals surface area contributed by atoms with Crippen LogP contribution in [0.3, 0.4) is 0 Å². The van der Waals surface area contributed by atoms with Gasteiger partial charge in [0.05, 0.1) is 29.8 Å². The van der Waals surface area contributed by atoms with Crippen LogP contribution < -0.4 is 15.4 Å². The molecule has 0 heterocycles. The number of nitro benzene ring substituents is 1. The second kappa shape index (κ2) is 8.34. The van der Waals surface area contributed by atoms with Gasteiger partial charge in [-0.1, -0.05) is 30.7 Å². The van der Waals surface area contributed by atoms with E-state index in [1.165, 1.54) is 25.3 Å². The highest BCUT2D eigenvalue weighted by Crippen LogP contribution is 2.29. The van der Waals surface area contributed by atoms with Crippen molar-refractivity contribution in [2.24, 2.45) is 0 Å². The lowest BCUT2D eigenvalue weighted by atomic mass is 10.1. The van der Waals surface area contributed by atoms with Gasteiger partial charge in [-0.15, -0.1) is 0 Å². The van der Waals surface area contributed by atoms with Crippen LogP contribution in [0.5, 0.6) is 5.75 Å². The third-order valence-electron chi connectivity index (χ3n) is 3.63. The number of nitrogens with one attached hydrogen (secondary N) is 2. The van der Waals surface area contributed by atoms with Gasteiger partial charge >= 0.3 is 6.03 Å². The van der Waals surface area contributed by atoms with Gasteiger partial charge in [-0.2, -0.15) is 0 Å². The minimum Gasteiger partial charge on any atom is -0.494 e. The monoisotopic (exact) mass is 363 g/mol. The lowest BCUT2D eigenvalue weighted by Crippen LogP contribution is -2.32. The Morgan fingerprint density at radius 1 is 1.28 bits per heavy atom. The number of rotatable bonds is 6. The summed E-state index contributed by atoms with van der Waals surface area (Å²) in [5.41, 5.74) is 1.16. The van der Waals surface area contributed by atoms with Crippen LogP contribution in [-0.2, 0) is 0 Å². The molecule has 0 aliphatic heterocycles. The van der Waals surface area contributed by atoms with E-state index in [0.717, 1.165) is 5.56 Å². The number of hydrogen-bond acceptors (Lipinski definition) is 4. The lowest BCUT2D eigenvalue weighted by Gasteiger charge is -2.18. The Morgan fingerprint density at radius 3 is 2.52 bits per heavy atom. The number of carbonyl (C=O) groups excluding carboxylic acids is 1. The number of benzene rings is 2. The van der Waals surface area contributed by atoms with Crippen LogP contribution in [0.2, 0.25) is 5.02 Å². The van der Waals surface area contributed by atoms with Crippen molar-refractivity contribution in [3.63, 3.8) is 0 Å². The van der Waals surface area contributed by atoms with E-state index in [4.69, 9.17) is 16.3 Å². The van der Waals surface area contributed by atoms with Gasteiger partial charge in [-0.25, -0.2) is 4.79 Å². The number of amides is 2. The molecule has 0 radical (unpaired) electrons. The Hall–Kier alpha value is -2.80. The van der Waals surface area contributed by atoms with E-state index in [-0.39, 0.29) is 17.5 Å². The standard InChI is InChI=1S/C17H18ClN3O4/c1-3-14(11-4-6-12(18)7-5-11)19-17(22)20-15-9-8-13(21(23)24)10-16(15)25-2/h4-10,14H,3H2,1-2H3,(H2,19,20,22). The Kier molecular flexibility index (Phi) is 6.19. The third kappa shape index (κ3) is 4.84. The van der Waals surface area contributed by atoms with Gasteiger partial charge in [0.1, 0.15) is 5.75 Å². The van der Waals surface area contributed by atoms with E-state index in [2.05, 4.69) is 10.6 Å². The summed E-state index contributed by atoms with van der Waals surface area (Å²) in [5, 5.41) is 16.9. The number of anilines is 1. The molecule has 0 aliphatic carbocycles. The van der Waals surface area contributed by atoms with Crippen LogP contribution in [0.4, 0.5) is 16.2 Å². The molecular weight excluding hydrogens is 346 g/mol. The zero-order chi connectivity index (χ0) is 18.4. The molecule has 0 saturated carbocycles. The van der Waals surface area contributed by atoms with Crippen molar-refractivity contribution < 1.29 is 14.5 Å². The topological polar surface area (TPSA) is 93.5 Å². The summed E-state index contributed by atoms with van der Waals surface area (Å²) < 4.78 is 5.10. The molecule has 0 spiro atoms. The molecule has 25 heavy (non-hydrogen) atoms. The first-order valence-electron chi connectivity index (χ1n) is 7.60. The highest BCUT2D eigenvalue weighted by Gasteiger charge is 2.16. The molecule has 0 aliphatic rings. The fourth-order valence-electron chi connectivity index (χ4n) is 2.33. The molecule has 0 bridgehead atoms. The minimum absolute atomic E-state index is 0.115. The summed E-state index contributed by atoms with van der Waals surface area (Å²) >= 11 is 5.88. The molecule has 2 N–H and O–H groups in total. The van der Waals surface area contributed by atoms with E-state index in [0.29, 0.717) is 17.1 Å². The Bertz CT molecular complexity index is 765. The van der Waals surface area contributed by atoms with Gasteiger partial charge in [0, 0.05) is 11.1 Å². The number of carbonyl (C=O) groups is 1. The first kappa shape index (κ1) is 18.5. The minimum atomic E-state index is -0.528. The average molecular weight is 364 g/mol. The van der Waals surface area contributed by atoms with E-state index in [1.54, 1.807) is 12.1 Å². The smallest absolute Gasteiger partial charge is 0.319 e. The molecule has 8 heteroatoms. The summed E-state index contributed by atoms with van der Waals surface area (Å²) in [7, 11) is 1.38. The van der Waals surface area contributed by atoms with Gasteiger partial charge in [0.25, 0.3) is 5.69 Å². The number of nitro groups is 1. The molecule has 2 aromatic rings. The van der Waals surface area contributed by atoms with Gasteiger partial charge in [-0.05, 0) is 30.2 Å². The Labute approximate surface area is 150 Å². The van der Waals surface area contributed by atoms with Crippen molar-refractivity contribution in [2.75, 3.05) is 12.4 Å². The molecule has 1 unspecified atom stereocenters. The number of methoxy groups -OCH3 is 1. The summed E-state index contributed by atoms with van der Waals surface area (Å²) in [6, 6.07) is 10.6. The number of ether oxygens (including phenoxy) is 1. The average Bonchev–Trinajstić information content (AvgIpc) is 2.60. The zero-order valence-electron chi connectivity index (χ0n) is 13.8. The van der Waals surface area contributed by atoms with Crippen molar-refractivity contribution in [2.45, 2.75) is 19.4 Å².